The first-order valence-electron chi connectivity index (χ1n) is 18.3. The molecule has 0 saturated heterocycles. The van der Waals surface area contributed by atoms with Crippen LogP contribution in [0.2, 0.25) is 0 Å². The maximum Gasteiger partial charge on any atom is 0.182 e. The van der Waals surface area contributed by atoms with Crippen molar-refractivity contribution in [3.05, 3.63) is 34.4 Å². The lowest BCUT2D eigenvalue weighted by Gasteiger charge is -2.59. The second-order valence-electron chi connectivity index (χ2n) is 18.6. The molecule has 6 fully saturated rings. The number of carbonyl (C=O) groups is 1. The van der Waals surface area contributed by atoms with Gasteiger partial charge < -0.3 is 10.2 Å². The Labute approximate surface area is 261 Å². The van der Waals surface area contributed by atoms with Crippen molar-refractivity contribution in [2.75, 3.05) is 0 Å². The Morgan fingerprint density at radius 3 is 1.63 bits per heavy atom. The third-order valence-electron chi connectivity index (χ3n) is 17.4. The molecule has 0 spiro atoms. The van der Waals surface area contributed by atoms with Gasteiger partial charge >= 0.3 is 0 Å². The molecule has 6 saturated carbocycles. The molecule has 0 unspecified atom stereocenters. The van der Waals surface area contributed by atoms with Gasteiger partial charge in [0.05, 0.1) is 11.2 Å². The summed E-state index contributed by atoms with van der Waals surface area (Å²) in [6, 6.07) is 0. The molecule has 8 rings (SSSR count). The molecule has 0 bridgehead atoms. The van der Waals surface area contributed by atoms with Gasteiger partial charge in [0.15, 0.2) is 5.78 Å². The van der Waals surface area contributed by atoms with Crippen molar-refractivity contribution in [1.29, 1.82) is 0 Å². The van der Waals surface area contributed by atoms with E-state index in [-0.39, 0.29) is 21.7 Å². The molecule has 0 amide bonds. The molecule has 0 aliphatic heterocycles. The average molecular weight is 587 g/mol. The summed E-state index contributed by atoms with van der Waals surface area (Å²) < 4.78 is 0. The molecule has 2 N–H and O–H groups in total. The van der Waals surface area contributed by atoms with Gasteiger partial charge in [-0.15, -0.1) is 0 Å². The minimum atomic E-state index is -0.540. The highest BCUT2D eigenvalue weighted by Gasteiger charge is 2.64. The lowest BCUT2D eigenvalue weighted by molar-refractivity contribution is -0.120. The number of fused-ring (bicyclic) bond motifs is 10. The highest BCUT2D eigenvalue weighted by Crippen LogP contribution is 2.70. The molecule has 0 aromatic carbocycles. The van der Waals surface area contributed by atoms with Gasteiger partial charge in [-0.3, -0.25) is 4.79 Å². The van der Waals surface area contributed by atoms with Gasteiger partial charge in [0.1, 0.15) is 0 Å². The van der Waals surface area contributed by atoms with Gasteiger partial charge in [-0.2, -0.15) is 0 Å². The van der Waals surface area contributed by atoms with Crippen molar-refractivity contribution in [3.8, 4) is 0 Å². The number of carbonyl (C=O) groups excluding carboxylic acids is 1. The molecule has 3 heteroatoms. The number of hydrogen-bond acceptors (Lipinski definition) is 3. The first kappa shape index (κ1) is 29.2. The average Bonchev–Trinajstić information content (AvgIpc) is 3.35. The van der Waals surface area contributed by atoms with E-state index in [0.717, 1.165) is 68.8 Å². The lowest BCUT2D eigenvalue weighted by atomic mass is 9.45. The van der Waals surface area contributed by atoms with E-state index in [4.69, 9.17) is 0 Å². The van der Waals surface area contributed by atoms with Crippen molar-refractivity contribution >= 4 is 5.78 Å². The monoisotopic (exact) mass is 586 g/mol. The second kappa shape index (κ2) is 8.99. The molecule has 43 heavy (non-hydrogen) atoms. The van der Waals surface area contributed by atoms with Crippen molar-refractivity contribution in [2.45, 2.75) is 149 Å². The quantitative estimate of drug-likeness (QED) is 0.279. The fourth-order valence-electron chi connectivity index (χ4n) is 14.1. The first-order chi connectivity index (χ1) is 20.1. The Bertz CT molecular complexity index is 1340. The Balaban J connectivity index is 1.09. The van der Waals surface area contributed by atoms with E-state index in [9.17, 15) is 15.0 Å². The molecule has 0 aromatic rings. The van der Waals surface area contributed by atoms with Crippen LogP contribution in [0.5, 0.6) is 0 Å². The molecular weight excluding hydrogens is 528 g/mol. The molecular formula is C40H58O3. The van der Waals surface area contributed by atoms with Crippen LogP contribution in [0.1, 0.15) is 138 Å². The minimum Gasteiger partial charge on any atom is -0.390 e. The van der Waals surface area contributed by atoms with Gasteiger partial charge in [-0.1, -0.05) is 44.9 Å². The number of rotatable bonds is 0. The summed E-state index contributed by atoms with van der Waals surface area (Å²) in [6.45, 7) is 14.1. The normalized spacial score (nSPS) is 57.4. The van der Waals surface area contributed by atoms with E-state index in [2.05, 4.69) is 53.7 Å². The van der Waals surface area contributed by atoms with Crippen LogP contribution in [0.25, 0.3) is 0 Å². The molecule has 0 heterocycles. The summed E-state index contributed by atoms with van der Waals surface area (Å²) in [5.41, 5.74) is 4.95. The zero-order chi connectivity index (χ0) is 30.4. The maximum absolute atomic E-state index is 13.8. The van der Waals surface area contributed by atoms with Crippen LogP contribution in [0.4, 0.5) is 0 Å². The van der Waals surface area contributed by atoms with Crippen LogP contribution in [0.3, 0.4) is 0 Å². The van der Waals surface area contributed by atoms with Crippen molar-refractivity contribution in [3.63, 3.8) is 0 Å². The molecule has 0 aromatic heterocycles. The second-order valence-corrected chi connectivity index (χ2v) is 18.6. The van der Waals surface area contributed by atoms with Crippen molar-refractivity contribution in [1.82, 2.24) is 0 Å². The SMILES string of the molecule is C[C@]12CC/C(=C3/C[C@@]4(C)C(=CC3=O)CC[C@@H]3[C@@H]4CC[C@@]4(C)[C@H]3CC[C@]4(C)O)C=C1CC[C@@H]1[C@@H]2CC[C@@]2(C)[C@H]1CC[C@]2(C)O. The van der Waals surface area contributed by atoms with E-state index in [1.54, 1.807) is 5.57 Å². The molecule has 3 nitrogen and oxygen atoms in total. The van der Waals surface area contributed by atoms with Gasteiger partial charge in [-0.25, -0.2) is 0 Å². The molecule has 0 radical (unpaired) electrons. The van der Waals surface area contributed by atoms with E-state index >= 15 is 0 Å². The summed E-state index contributed by atoms with van der Waals surface area (Å²) in [4.78, 5) is 13.8. The van der Waals surface area contributed by atoms with E-state index in [1.807, 2.05) is 0 Å². The summed E-state index contributed by atoms with van der Waals surface area (Å²) in [5.74, 6) is 4.33. The Morgan fingerprint density at radius 1 is 0.581 bits per heavy atom. The predicted octanol–water partition coefficient (Wildman–Crippen LogP) is 8.89. The van der Waals surface area contributed by atoms with Gasteiger partial charge in [-0.05, 0) is 179 Å². The highest BCUT2D eigenvalue weighted by atomic mass is 16.3. The fourth-order valence-corrected chi connectivity index (χ4v) is 14.1. The standard InChI is InChI=1S/C40H58O3/c1-35-16-11-24(21-25(35)7-9-27-30(35)12-17-37(3)32(27)14-19-39(37,5)42)29-23-36(2)26(22-34(29)41)8-10-28-31(36)13-18-38(4)33(28)15-20-40(38,6)43/h21-22,27-28,30-33,42-43H,7-20,23H2,1-6H3/b29-24+/t27-,28-,30+,31+,32+,33+,35+,36+,37+,38+,39+,40+/m1/s1. The first-order valence-corrected chi connectivity index (χ1v) is 18.3. The molecule has 236 valence electrons. The van der Waals surface area contributed by atoms with Crippen LogP contribution in [0, 0.1) is 57.2 Å². The Kier molecular flexibility index (Phi) is 6.11. The molecule has 8 aliphatic carbocycles. The van der Waals surface area contributed by atoms with Gasteiger partial charge in [0.2, 0.25) is 0 Å². The zero-order valence-electron chi connectivity index (χ0n) is 28.0. The minimum absolute atomic E-state index is 0.0411. The molecule has 8 aliphatic rings. The number of allylic oxidation sites excluding steroid dienone is 5. The van der Waals surface area contributed by atoms with Crippen LogP contribution in [-0.2, 0) is 4.79 Å². The number of aliphatic hydroxyl groups is 2. The third-order valence-corrected chi connectivity index (χ3v) is 17.4. The smallest absolute Gasteiger partial charge is 0.182 e. The van der Waals surface area contributed by atoms with E-state index < -0.39 is 11.2 Å². The highest BCUT2D eigenvalue weighted by molar-refractivity contribution is 6.06. The van der Waals surface area contributed by atoms with E-state index in [0.29, 0.717) is 29.5 Å². The van der Waals surface area contributed by atoms with Gasteiger partial charge in [0, 0.05) is 5.57 Å². The number of hydrogen-bond donors (Lipinski definition) is 2. The largest absolute Gasteiger partial charge is 0.390 e. The van der Waals surface area contributed by atoms with Gasteiger partial charge in [0.25, 0.3) is 0 Å². The summed E-state index contributed by atoms with van der Waals surface area (Å²) in [5, 5.41) is 22.7. The van der Waals surface area contributed by atoms with E-state index in [1.165, 1.54) is 56.1 Å². The third kappa shape index (κ3) is 3.65. The predicted molar refractivity (Wildman–Crippen MR) is 172 cm³/mol. The van der Waals surface area contributed by atoms with Crippen LogP contribution < -0.4 is 0 Å². The van der Waals surface area contributed by atoms with Crippen molar-refractivity contribution < 1.29 is 15.0 Å². The topological polar surface area (TPSA) is 57.5 Å². The summed E-state index contributed by atoms with van der Waals surface area (Å²) >= 11 is 0. The fraction of sp³-hybridized carbons (Fsp3) is 0.825. The maximum atomic E-state index is 13.8. The Hall–Kier alpha value is -1.19. The van der Waals surface area contributed by atoms with Crippen LogP contribution >= 0.6 is 0 Å². The Morgan fingerprint density at radius 2 is 1.07 bits per heavy atom. The van der Waals surface area contributed by atoms with Crippen molar-refractivity contribution in [2.24, 2.45) is 57.2 Å². The molecule has 12 atom stereocenters. The number of ketones is 1. The lowest BCUT2D eigenvalue weighted by Crippen LogP contribution is -2.54. The van der Waals surface area contributed by atoms with Crippen LogP contribution in [-0.4, -0.2) is 27.2 Å². The van der Waals surface area contributed by atoms with Crippen LogP contribution in [0.15, 0.2) is 34.4 Å². The summed E-state index contributed by atoms with van der Waals surface area (Å²) in [7, 11) is 0. The summed E-state index contributed by atoms with van der Waals surface area (Å²) in [6.07, 6.45) is 21.4. The zero-order valence-corrected chi connectivity index (χ0v) is 28.0.